The highest BCUT2D eigenvalue weighted by Gasteiger charge is 2.04. The van der Waals surface area contributed by atoms with Gasteiger partial charge in [0.15, 0.2) is 0 Å². The molecule has 0 saturated carbocycles. The molecule has 0 radical (unpaired) electrons. The molecule has 0 saturated heterocycles. The summed E-state index contributed by atoms with van der Waals surface area (Å²) in [6.45, 7) is 1.96. The van der Waals surface area contributed by atoms with E-state index in [2.05, 4.69) is 0 Å². The van der Waals surface area contributed by atoms with Crippen molar-refractivity contribution < 1.29 is 4.79 Å². The summed E-state index contributed by atoms with van der Waals surface area (Å²) in [6, 6.07) is 7.69. The van der Waals surface area contributed by atoms with Gasteiger partial charge < -0.3 is 0 Å². The Labute approximate surface area is 73.3 Å². The highest BCUT2D eigenvalue weighted by Crippen LogP contribution is 2.12. The van der Waals surface area contributed by atoms with Crippen molar-refractivity contribution in [3.63, 3.8) is 0 Å². The minimum absolute atomic E-state index is 0.203. The maximum absolute atomic E-state index is 11.2. The lowest BCUT2D eigenvalue weighted by atomic mass is 10.1. The lowest BCUT2D eigenvalue weighted by Crippen LogP contribution is -1.94. The van der Waals surface area contributed by atoms with Gasteiger partial charge in [-0.2, -0.15) is 0 Å². The van der Waals surface area contributed by atoms with Crippen molar-refractivity contribution >= 4 is 25.7 Å². The smallest absolute Gasteiger partial charge is 0.212 e. The molecule has 3 heteroatoms. The van der Waals surface area contributed by atoms with Crippen molar-refractivity contribution in [2.24, 2.45) is 0 Å². The molecule has 0 aliphatic rings. The molecule has 0 unspecified atom stereocenters. The monoisotopic (exact) mass is 182 g/mol. The summed E-state index contributed by atoms with van der Waals surface area (Å²) in [4.78, 5) is 11.2. The molecule has 0 fully saturated rings. The predicted octanol–water partition coefficient (Wildman–Crippen LogP) is 1.15. The third-order valence-corrected chi connectivity index (χ3v) is 3.25. The fraction of sp³-hybridized carbons (Fsp3) is 0.125. The largest absolute Gasteiger partial charge is 0.282 e. The minimum Gasteiger partial charge on any atom is -0.282 e. The number of carbonyl (C=O) groups is 1. The van der Waals surface area contributed by atoms with E-state index in [1.54, 1.807) is 0 Å². The lowest BCUT2D eigenvalue weighted by Gasteiger charge is -2.00. The van der Waals surface area contributed by atoms with E-state index >= 15 is 0 Å². The van der Waals surface area contributed by atoms with Crippen molar-refractivity contribution in [2.75, 3.05) is 0 Å². The number of hydrogen-bond donors (Lipinski definition) is 0. The van der Waals surface area contributed by atoms with E-state index in [0.29, 0.717) is 0 Å². The van der Waals surface area contributed by atoms with Gasteiger partial charge >= 0.3 is 0 Å². The molecule has 0 heterocycles. The van der Waals surface area contributed by atoms with Crippen LogP contribution in [0.3, 0.4) is 0 Å². The summed E-state index contributed by atoms with van der Waals surface area (Å²) in [6.07, 6.45) is 0. The Morgan fingerprint density at radius 3 is 2.64 bits per heavy atom. The first-order chi connectivity index (χ1) is 5.25. The summed E-state index contributed by atoms with van der Waals surface area (Å²) in [5.41, 5.74) is 1.92. The number of carbonyl (C=O) groups excluding carboxylic acids is 1. The average Bonchev–Trinajstić information content (AvgIpc) is 2.04. The Bertz CT molecular complexity index is 273. The first kappa shape index (κ1) is 8.55. The Kier molecular flexibility index (Phi) is 2.90. The second-order valence-electron chi connectivity index (χ2n) is 2.31. The summed E-state index contributed by atoms with van der Waals surface area (Å²) in [5, 5.41) is 0.203. The van der Waals surface area contributed by atoms with Crippen LogP contribution in [0.4, 0.5) is 0 Å². The van der Waals surface area contributed by atoms with E-state index in [1.165, 1.54) is 11.2 Å². The van der Waals surface area contributed by atoms with Crippen molar-refractivity contribution in [3.8, 4) is 0 Å². The molecule has 0 amide bonds. The first-order valence-electron chi connectivity index (χ1n) is 3.39. The fourth-order valence-electron chi connectivity index (χ4n) is 0.912. The number of hydrogen-bond acceptors (Lipinski definition) is 2. The van der Waals surface area contributed by atoms with Gasteiger partial charge in [0.25, 0.3) is 0 Å². The zero-order chi connectivity index (χ0) is 8.27. The van der Waals surface area contributed by atoms with Gasteiger partial charge in [-0.05, 0) is 12.5 Å². The maximum atomic E-state index is 11.2. The fourth-order valence-corrected chi connectivity index (χ4v) is 2.02. The highest BCUT2D eigenvalue weighted by atomic mass is 32.4. The third kappa shape index (κ3) is 1.94. The Hall–Kier alpha value is -0.543. The maximum Gasteiger partial charge on any atom is 0.212 e. The molecular formula is C8H10OSSi. The first-order valence-corrected chi connectivity index (χ1v) is 7.07. The molecule has 0 bridgehead atoms. The summed E-state index contributed by atoms with van der Waals surface area (Å²) < 4.78 is 0. The number of rotatable bonds is 1. The van der Waals surface area contributed by atoms with Crippen molar-refractivity contribution in [2.45, 2.75) is 6.92 Å². The summed E-state index contributed by atoms with van der Waals surface area (Å²) in [5.74, 6) is 0. The van der Waals surface area contributed by atoms with Crippen molar-refractivity contribution in [1.29, 1.82) is 0 Å². The van der Waals surface area contributed by atoms with E-state index in [-0.39, 0.29) is 5.12 Å². The van der Waals surface area contributed by atoms with Gasteiger partial charge in [-0.1, -0.05) is 24.3 Å². The van der Waals surface area contributed by atoms with E-state index in [4.69, 9.17) is 0 Å². The molecule has 0 N–H and O–H groups in total. The Morgan fingerprint density at radius 1 is 1.45 bits per heavy atom. The van der Waals surface area contributed by atoms with Crippen molar-refractivity contribution in [1.82, 2.24) is 0 Å². The molecule has 0 spiro atoms. The van der Waals surface area contributed by atoms with Crippen molar-refractivity contribution in [3.05, 3.63) is 35.4 Å². The van der Waals surface area contributed by atoms with Crippen LogP contribution in [0.15, 0.2) is 24.3 Å². The van der Waals surface area contributed by atoms with Crippen LogP contribution in [-0.4, -0.2) is 14.5 Å². The zero-order valence-electron chi connectivity index (χ0n) is 6.63. The summed E-state index contributed by atoms with van der Waals surface area (Å²) >= 11 is 1.39. The molecule has 0 aliphatic carbocycles. The second-order valence-corrected chi connectivity index (χ2v) is 4.31. The number of aryl methyl sites for hydroxylation is 1. The van der Waals surface area contributed by atoms with E-state index in [0.717, 1.165) is 20.5 Å². The number of benzene rings is 1. The molecule has 1 aromatic carbocycles. The van der Waals surface area contributed by atoms with Crippen LogP contribution in [-0.2, 0) is 0 Å². The highest BCUT2D eigenvalue weighted by molar-refractivity contribution is 8.31. The van der Waals surface area contributed by atoms with Crippen LogP contribution in [0.2, 0.25) is 0 Å². The molecular weight excluding hydrogens is 172 g/mol. The summed E-state index contributed by atoms with van der Waals surface area (Å²) in [7, 11) is 0.873. The third-order valence-electron chi connectivity index (χ3n) is 1.55. The predicted molar refractivity (Wildman–Crippen MR) is 53.0 cm³/mol. The second kappa shape index (κ2) is 3.73. The van der Waals surface area contributed by atoms with Crippen LogP contribution in [0.25, 0.3) is 0 Å². The van der Waals surface area contributed by atoms with Crippen LogP contribution >= 0.6 is 11.2 Å². The van der Waals surface area contributed by atoms with E-state index in [9.17, 15) is 4.79 Å². The Morgan fingerprint density at radius 2 is 2.09 bits per heavy atom. The van der Waals surface area contributed by atoms with Crippen LogP contribution in [0.1, 0.15) is 15.9 Å². The van der Waals surface area contributed by atoms with Gasteiger partial charge in [-0.15, -0.1) is 11.2 Å². The lowest BCUT2D eigenvalue weighted by molar-refractivity contribution is 0.109. The zero-order valence-corrected chi connectivity index (χ0v) is 9.44. The standard InChI is InChI=1S/C8H10OSSi/c1-6-4-2-3-5-7(6)8(9)10-11/h2-5H,1,11H3. The van der Waals surface area contributed by atoms with Gasteiger partial charge in [-0.25, -0.2) is 0 Å². The molecule has 1 rings (SSSR count). The SMILES string of the molecule is Cc1ccccc1C(=O)S[SiH3]. The molecule has 0 aliphatic heterocycles. The normalized spacial score (nSPS) is 9.91. The average molecular weight is 182 g/mol. The molecule has 11 heavy (non-hydrogen) atoms. The molecule has 1 nitrogen and oxygen atoms in total. The Balaban J connectivity index is 3.03. The minimum atomic E-state index is 0.203. The molecule has 0 aromatic heterocycles. The quantitative estimate of drug-likeness (QED) is 0.606. The molecule has 1 aromatic rings. The van der Waals surface area contributed by atoms with Gasteiger partial charge in [0, 0.05) is 5.56 Å². The van der Waals surface area contributed by atoms with Gasteiger partial charge in [0.2, 0.25) is 5.12 Å². The van der Waals surface area contributed by atoms with E-state index < -0.39 is 0 Å². The van der Waals surface area contributed by atoms with Crippen LogP contribution < -0.4 is 0 Å². The van der Waals surface area contributed by atoms with E-state index in [1.807, 2.05) is 31.2 Å². The van der Waals surface area contributed by atoms with Crippen LogP contribution in [0.5, 0.6) is 0 Å². The van der Waals surface area contributed by atoms with Gasteiger partial charge in [-0.3, -0.25) is 4.79 Å². The molecule has 58 valence electrons. The molecule has 0 atom stereocenters. The van der Waals surface area contributed by atoms with Gasteiger partial charge in [0.1, 0.15) is 0 Å². The van der Waals surface area contributed by atoms with Crippen LogP contribution in [0, 0.1) is 6.92 Å². The van der Waals surface area contributed by atoms with Gasteiger partial charge in [0.05, 0.1) is 9.39 Å². The topological polar surface area (TPSA) is 17.1 Å².